The van der Waals surface area contributed by atoms with Crippen molar-refractivity contribution >= 4 is 39.1 Å². The average Bonchev–Trinajstić information content (AvgIpc) is 3.05. The van der Waals surface area contributed by atoms with Crippen LogP contribution in [0.5, 0.6) is 0 Å². The summed E-state index contributed by atoms with van der Waals surface area (Å²) in [4.78, 5) is 37.3. The van der Waals surface area contributed by atoms with Crippen LogP contribution in [-0.2, 0) is 9.59 Å². The standard InChI is InChI=1S/C15H13BrFNO3/c16-10-5-9-12(6-11(10)17)18(15(21)14(9)20)7-13(19)8-3-1-2-4-8/h5-6,8H,1-4,7H2. The lowest BCUT2D eigenvalue weighted by molar-refractivity contribution is -0.123. The Hall–Kier alpha value is -1.56. The minimum Gasteiger partial charge on any atom is -0.297 e. The van der Waals surface area contributed by atoms with Crippen LogP contribution in [0.2, 0.25) is 0 Å². The number of hydrogen-bond acceptors (Lipinski definition) is 3. The van der Waals surface area contributed by atoms with Crippen LogP contribution in [0.4, 0.5) is 10.1 Å². The Morgan fingerprint density at radius 3 is 2.62 bits per heavy atom. The maximum Gasteiger partial charge on any atom is 0.299 e. The quantitative estimate of drug-likeness (QED) is 0.785. The lowest BCUT2D eigenvalue weighted by Crippen LogP contribution is -2.36. The fourth-order valence-corrected chi connectivity index (χ4v) is 3.32. The summed E-state index contributed by atoms with van der Waals surface area (Å²) >= 11 is 3.00. The second kappa shape index (κ2) is 5.33. The third-order valence-corrected chi connectivity index (χ3v) is 4.75. The first kappa shape index (κ1) is 14.4. The number of rotatable bonds is 3. The molecule has 1 aromatic carbocycles. The normalized spacial score (nSPS) is 18.5. The third kappa shape index (κ3) is 2.41. The van der Waals surface area contributed by atoms with Crippen molar-refractivity contribution in [2.24, 2.45) is 5.92 Å². The van der Waals surface area contributed by atoms with Crippen LogP contribution in [0.1, 0.15) is 36.0 Å². The van der Waals surface area contributed by atoms with Crippen molar-refractivity contribution in [2.75, 3.05) is 11.4 Å². The predicted octanol–water partition coefficient (Wildman–Crippen LogP) is 2.88. The number of Topliss-reactive ketones (excluding diaryl/α,β-unsaturated/α-hetero) is 2. The Morgan fingerprint density at radius 2 is 1.95 bits per heavy atom. The van der Waals surface area contributed by atoms with Crippen LogP contribution in [0, 0.1) is 11.7 Å². The molecule has 1 fully saturated rings. The summed E-state index contributed by atoms with van der Waals surface area (Å²) < 4.78 is 13.8. The van der Waals surface area contributed by atoms with E-state index >= 15 is 0 Å². The third-order valence-electron chi connectivity index (χ3n) is 4.14. The van der Waals surface area contributed by atoms with Gasteiger partial charge in [-0.15, -0.1) is 0 Å². The number of anilines is 1. The number of benzene rings is 1. The topological polar surface area (TPSA) is 54.5 Å². The van der Waals surface area contributed by atoms with Gasteiger partial charge in [-0.2, -0.15) is 0 Å². The largest absolute Gasteiger partial charge is 0.299 e. The van der Waals surface area contributed by atoms with Crippen LogP contribution in [0.15, 0.2) is 16.6 Å². The summed E-state index contributed by atoms with van der Waals surface area (Å²) in [7, 11) is 0. The van der Waals surface area contributed by atoms with Crippen molar-refractivity contribution in [3.05, 3.63) is 28.0 Å². The van der Waals surface area contributed by atoms with E-state index in [0.717, 1.165) is 36.6 Å². The molecule has 1 amide bonds. The molecule has 0 unspecified atom stereocenters. The molecule has 0 saturated heterocycles. The molecule has 0 atom stereocenters. The molecule has 4 nitrogen and oxygen atoms in total. The van der Waals surface area contributed by atoms with E-state index in [2.05, 4.69) is 15.9 Å². The molecule has 1 heterocycles. The molecule has 110 valence electrons. The average molecular weight is 354 g/mol. The Balaban J connectivity index is 1.90. The fraction of sp³-hybridized carbons (Fsp3) is 0.400. The number of ketones is 2. The highest BCUT2D eigenvalue weighted by atomic mass is 79.9. The van der Waals surface area contributed by atoms with Gasteiger partial charge in [-0.3, -0.25) is 19.3 Å². The van der Waals surface area contributed by atoms with Crippen LogP contribution in [-0.4, -0.2) is 24.0 Å². The van der Waals surface area contributed by atoms with Crippen molar-refractivity contribution < 1.29 is 18.8 Å². The van der Waals surface area contributed by atoms with E-state index < -0.39 is 17.5 Å². The van der Waals surface area contributed by atoms with Gasteiger partial charge in [0, 0.05) is 5.92 Å². The van der Waals surface area contributed by atoms with Gasteiger partial charge in [0.25, 0.3) is 11.7 Å². The lowest BCUT2D eigenvalue weighted by atomic mass is 10.0. The van der Waals surface area contributed by atoms with Gasteiger partial charge in [-0.25, -0.2) is 4.39 Å². The molecule has 6 heteroatoms. The van der Waals surface area contributed by atoms with Gasteiger partial charge < -0.3 is 0 Å². The van der Waals surface area contributed by atoms with E-state index in [4.69, 9.17) is 0 Å². The SMILES string of the molecule is O=C1C(=O)N(CC(=O)C2CCCC2)c2cc(F)c(Br)cc21. The highest BCUT2D eigenvalue weighted by Gasteiger charge is 2.38. The number of amides is 1. The zero-order valence-electron chi connectivity index (χ0n) is 11.2. The van der Waals surface area contributed by atoms with Crippen LogP contribution in [0.3, 0.4) is 0 Å². The molecule has 1 aromatic rings. The van der Waals surface area contributed by atoms with Crippen molar-refractivity contribution in [1.82, 2.24) is 0 Å². The Bertz CT molecular complexity index is 653. The zero-order chi connectivity index (χ0) is 15.1. The first-order chi connectivity index (χ1) is 9.99. The van der Waals surface area contributed by atoms with Crippen molar-refractivity contribution in [1.29, 1.82) is 0 Å². The Morgan fingerprint density at radius 1 is 1.29 bits per heavy atom. The van der Waals surface area contributed by atoms with Gasteiger partial charge in [0.15, 0.2) is 5.78 Å². The summed E-state index contributed by atoms with van der Waals surface area (Å²) in [5, 5.41) is 0. The molecule has 21 heavy (non-hydrogen) atoms. The fourth-order valence-electron chi connectivity index (χ4n) is 2.98. The number of carbonyl (C=O) groups excluding carboxylic acids is 3. The van der Waals surface area contributed by atoms with Crippen molar-refractivity contribution in [3.63, 3.8) is 0 Å². The van der Waals surface area contributed by atoms with Gasteiger partial charge in [0.2, 0.25) is 0 Å². The molecular weight excluding hydrogens is 341 g/mol. The monoisotopic (exact) mass is 353 g/mol. The minimum atomic E-state index is -0.756. The molecule has 1 saturated carbocycles. The van der Waals surface area contributed by atoms with Gasteiger partial charge in [-0.1, -0.05) is 12.8 Å². The predicted molar refractivity (Wildman–Crippen MR) is 77.7 cm³/mol. The van der Waals surface area contributed by atoms with E-state index in [9.17, 15) is 18.8 Å². The molecule has 0 aromatic heterocycles. The first-order valence-corrected chi connectivity index (χ1v) is 7.66. The van der Waals surface area contributed by atoms with Gasteiger partial charge in [0.1, 0.15) is 5.82 Å². The van der Waals surface area contributed by atoms with Crippen LogP contribution < -0.4 is 4.90 Å². The smallest absolute Gasteiger partial charge is 0.297 e. The Labute approximate surface area is 129 Å². The molecule has 0 bridgehead atoms. The van der Waals surface area contributed by atoms with Crippen molar-refractivity contribution in [2.45, 2.75) is 25.7 Å². The van der Waals surface area contributed by atoms with E-state index in [0.29, 0.717) is 0 Å². The highest BCUT2D eigenvalue weighted by Crippen LogP contribution is 2.34. The molecule has 3 rings (SSSR count). The molecule has 1 aliphatic heterocycles. The van der Waals surface area contributed by atoms with E-state index in [1.807, 2.05) is 0 Å². The first-order valence-electron chi connectivity index (χ1n) is 6.87. The van der Waals surface area contributed by atoms with Crippen LogP contribution >= 0.6 is 15.9 Å². The number of hydrogen-bond donors (Lipinski definition) is 0. The summed E-state index contributed by atoms with van der Waals surface area (Å²) in [6, 6.07) is 2.43. The van der Waals surface area contributed by atoms with Gasteiger partial charge >= 0.3 is 0 Å². The Kier molecular flexibility index (Phi) is 3.65. The second-order valence-corrected chi connectivity index (χ2v) is 6.31. The van der Waals surface area contributed by atoms with Gasteiger partial charge in [-0.05, 0) is 40.9 Å². The minimum absolute atomic E-state index is 0.0442. The van der Waals surface area contributed by atoms with E-state index in [-0.39, 0.29) is 34.0 Å². The molecule has 0 N–H and O–H groups in total. The van der Waals surface area contributed by atoms with Crippen LogP contribution in [0.25, 0.3) is 0 Å². The molecule has 1 aliphatic carbocycles. The molecule has 2 aliphatic rings. The molecule has 0 spiro atoms. The summed E-state index contributed by atoms with van der Waals surface area (Å²) in [6.45, 7) is -0.149. The van der Waals surface area contributed by atoms with Gasteiger partial charge in [0.05, 0.1) is 22.3 Å². The summed E-state index contributed by atoms with van der Waals surface area (Å²) in [5.41, 5.74) is 0.338. The lowest BCUT2D eigenvalue weighted by Gasteiger charge is -2.18. The number of fused-ring (bicyclic) bond motifs is 1. The maximum atomic E-state index is 13.7. The summed E-state index contributed by atoms with van der Waals surface area (Å²) in [6.07, 6.45) is 3.69. The maximum absolute atomic E-state index is 13.7. The molecular formula is C15H13BrFNO3. The number of carbonyl (C=O) groups is 3. The van der Waals surface area contributed by atoms with Crippen molar-refractivity contribution in [3.8, 4) is 0 Å². The molecule has 0 radical (unpaired) electrons. The van der Waals surface area contributed by atoms with E-state index in [1.165, 1.54) is 6.07 Å². The van der Waals surface area contributed by atoms with E-state index in [1.54, 1.807) is 0 Å². The highest BCUT2D eigenvalue weighted by molar-refractivity contribution is 9.10. The number of nitrogens with zero attached hydrogens (tertiary/aromatic N) is 1. The zero-order valence-corrected chi connectivity index (χ0v) is 12.8. The number of halogens is 2. The second-order valence-electron chi connectivity index (χ2n) is 5.45. The summed E-state index contributed by atoms with van der Waals surface area (Å²) in [5.74, 6) is -2.10.